The summed E-state index contributed by atoms with van der Waals surface area (Å²) in [7, 11) is 3.91. The first kappa shape index (κ1) is 15.8. The quantitative estimate of drug-likeness (QED) is 0.741. The molecule has 0 saturated heterocycles. The number of carbonyl (C=O) groups is 1. The number of aromatic nitrogens is 1. The van der Waals surface area contributed by atoms with Crippen molar-refractivity contribution in [3.8, 4) is 0 Å². The molecule has 2 aromatic heterocycles. The van der Waals surface area contributed by atoms with E-state index in [1.165, 1.54) is 6.08 Å². The first-order valence-electron chi connectivity index (χ1n) is 7.65. The van der Waals surface area contributed by atoms with Crippen molar-refractivity contribution in [2.24, 2.45) is 0 Å². The molecule has 5 heteroatoms. The van der Waals surface area contributed by atoms with Gasteiger partial charge in [0.15, 0.2) is 0 Å². The van der Waals surface area contributed by atoms with Gasteiger partial charge in [0.2, 0.25) is 5.91 Å². The average molecular weight is 321 g/mol. The van der Waals surface area contributed by atoms with Crippen LogP contribution in [0.1, 0.15) is 11.5 Å². The zero-order chi connectivity index (χ0) is 17.1. The molecule has 0 aliphatic rings. The van der Waals surface area contributed by atoms with Crippen LogP contribution in [0.4, 0.5) is 11.5 Å². The van der Waals surface area contributed by atoms with Crippen molar-refractivity contribution in [3.05, 3.63) is 60.1 Å². The van der Waals surface area contributed by atoms with E-state index in [0.29, 0.717) is 5.76 Å². The SMILES string of the molecule is Cc1ccc(C=CC(=O)Nc2ccc3nc(N(C)C)ccc3c2)o1. The number of benzene rings is 1. The predicted molar refractivity (Wildman–Crippen MR) is 97.2 cm³/mol. The number of nitrogens with one attached hydrogen (secondary N) is 1. The van der Waals surface area contributed by atoms with Crippen molar-refractivity contribution in [3.63, 3.8) is 0 Å². The van der Waals surface area contributed by atoms with Gasteiger partial charge in [-0.05, 0) is 55.5 Å². The van der Waals surface area contributed by atoms with E-state index in [0.717, 1.165) is 28.2 Å². The van der Waals surface area contributed by atoms with Crippen LogP contribution < -0.4 is 10.2 Å². The van der Waals surface area contributed by atoms with Gasteiger partial charge in [-0.3, -0.25) is 4.79 Å². The molecule has 1 aromatic carbocycles. The smallest absolute Gasteiger partial charge is 0.248 e. The Morgan fingerprint density at radius 1 is 1.17 bits per heavy atom. The molecule has 5 nitrogen and oxygen atoms in total. The van der Waals surface area contributed by atoms with Gasteiger partial charge in [-0.15, -0.1) is 0 Å². The lowest BCUT2D eigenvalue weighted by atomic mass is 10.2. The summed E-state index contributed by atoms with van der Waals surface area (Å²) in [5.41, 5.74) is 1.62. The molecular weight excluding hydrogens is 302 g/mol. The summed E-state index contributed by atoms with van der Waals surface area (Å²) in [6.45, 7) is 1.86. The molecule has 3 aromatic rings. The lowest BCUT2D eigenvalue weighted by Crippen LogP contribution is -2.10. The monoisotopic (exact) mass is 321 g/mol. The molecule has 1 N–H and O–H groups in total. The lowest BCUT2D eigenvalue weighted by Gasteiger charge is -2.12. The number of anilines is 2. The van der Waals surface area contributed by atoms with E-state index in [2.05, 4.69) is 10.3 Å². The van der Waals surface area contributed by atoms with Gasteiger partial charge in [0.05, 0.1) is 5.52 Å². The van der Waals surface area contributed by atoms with Crippen LogP contribution in [0.3, 0.4) is 0 Å². The highest BCUT2D eigenvalue weighted by molar-refractivity contribution is 6.02. The van der Waals surface area contributed by atoms with Crippen LogP contribution in [0.2, 0.25) is 0 Å². The number of pyridine rings is 1. The minimum absolute atomic E-state index is 0.207. The summed E-state index contributed by atoms with van der Waals surface area (Å²) < 4.78 is 5.39. The largest absolute Gasteiger partial charge is 0.462 e. The van der Waals surface area contributed by atoms with Crippen molar-refractivity contribution in [2.75, 3.05) is 24.3 Å². The normalized spacial score (nSPS) is 11.1. The molecule has 0 saturated carbocycles. The molecule has 0 unspecified atom stereocenters. The first-order chi connectivity index (χ1) is 11.5. The molecule has 24 heavy (non-hydrogen) atoms. The third kappa shape index (κ3) is 3.63. The van der Waals surface area contributed by atoms with Crippen LogP contribution in [-0.4, -0.2) is 25.0 Å². The third-order valence-electron chi connectivity index (χ3n) is 3.56. The second-order valence-electron chi connectivity index (χ2n) is 5.74. The summed E-state index contributed by atoms with van der Waals surface area (Å²) in [6, 6.07) is 13.3. The zero-order valence-electron chi connectivity index (χ0n) is 13.9. The lowest BCUT2D eigenvalue weighted by molar-refractivity contribution is -0.111. The maximum absolute atomic E-state index is 12.0. The standard InChI is InChI=1S/C19H19N3O2/c1-13-4-7-16(24-13)8-11-19(23)20-15-6-9-17-14(12-15)5-10-18(21-17)22(2)3/h4-12H,1-3H3,(H,20,23). The molecule has 2 heterocycles. The number of aryl methyl sites for hydroxylation is 1. The zero-order valence-corrected chi connectivity index (χ0v) is 13.9. The van der Waals surface area contributed by atoms with Crippen molar-refractivity contribution in [1.82, 2.24) is 4.98 Å². The van der Waals surface area contributed by atoms with Gasteiger partial charge < -0.3 is 14.6 Å². The molecule has 0 atom stereocenters. The Balaban J connectivity index is 1.73. The predicted octanol–water partition coefficient (Wildman–Crippen LogP) is 3.85. The number of hydrogen-bond acceptors (Lipinski definition) is 4. The van der Waals surface area contributed by atoms with E-state index in [1.54, 1.807) is 6.08 Å². The highest BCUT2D eigenvalue weighted by atomic mass is 16.3. The van der Waals surface area contributed by atoms with Gasteiger partial charge in [0.25, 0.3) is 0 Å². The second kappa shape index (κ2) is 6.58. The molecule has 0 bridgehead atoms. The molecule has 0 fully saturated rings. The van der Waals surface area contributed by atoms with Crippen LogP contribution >= 0.6 is 0 Å². The molecule has 0 spiro atoms. The van der Waals surface area contributed by atoms with Gasteiger partial charge >= 0.3 is 0 Å². The van der Waals surface area contributed by atoms with Gasteiger partial charge in [0, 0.05) is 31.2 Å². The van der Waals surface area contributed by atoms with Crippen molar-refractivity contribution in [2.45, 2.75) is 6.92 Å². The number of hydrogen-bond donors (Lipinski definition) is 1. The van der Waals surface area contributed by atoms with Crippen LogP contribution in [-0.2, 0) is 4.79 Å². The van der Waals surface area contributed by atoms with Crippen molar-refractivity contribution >= 4 is 34.4 Å². The van der Waals surface area contributed by atoms with Gasteiger partial charge in [-0.1, -0.05) is 0 Å². The minimum atomic E-state index is -0.207. The summed E-state index contributed by atoms with van der Waals surface area (Å²) in [5, 5.41) is 3.82. The molecular formula is C19H19N3O2. The second-order valence-corrected chi connectivity index (χ2v) is 5.74. The highest BCUT2D eigenvalue weighted by Crippen LogP contribution is 2.20. The fourth-order valence-corrected chi connectivity index (χ4v) is 2.33. The third-order valence-corrected chi connectivity index (χ3v) is 3.56. The van der Waals surface area contributed by atoms with E-state index in [9.17, 15) is 4.79 Å². The fourth-order valence-electron chi connectivity index (χ4n) is 2.33. The molecule has 3 rings (SSSR count). The Morgan fingerprint density at radius 2 is 2.00 bits per heavy atom. The van der Waals surface area contributed by atoms with Gasteiger partial charge in [-0.2, -0.15) is 0 Å². The number of fused-ring (bicyclic) bond motifs is 1. The Morgan fingerprint density at radius 3 is 2.71 bits per heavy atom. The molecule has 0 aliphatic heterocycles. The topological polar surface area (TPSA) is 58.4 Å². The number of furan rings is 1. The fraction of sp³-hybridized carbons (Fsp3) is 0.158. The Kier molecular flexibility index (Phi) is 4.33. The minimum Gasteiger partial charge on any atom is -0.462 e. The van der Waals surface area contributed by atoms with Crippen molar-refractivity contribution < 1.29 is 9.21 Å². The Labute approximate surface area is 140 Å². The number of carbonyl (C=O) groups excluding carboxylic acids is 1. The summed E-state index contributed by atoms with van der Waals surface area (Å²) >= 11 is 0. The summed E-state index contributed by atoms with van der Waals surface area (Å²) in [4.78, 5) is 18.5. The van der Waals surface area contributed by atoms with Crippen LogP contribution in [0.5, 0.6) is 0 Å². The van der Waals surface area contributed by atoms with Gasteiger partial charge in [0.1, 0.15) is 17.3 Å². The van der Waals surface area contributed by atoms with Crippen LogP contribution in [0.15, 0.2) is 53.0 Å². The van der Waals surface area contributed by atoms with E-state index < -0.39 is 0 Å². The average Bonchev–Trinajstić information content (AvgIpc) is 2.98. The van der Waals surface area contributed by atoms with E-state index >= 15 is 0 Å². The van der Waals surface area contributed by atoms with E-state index in [4.69, 9.17) is 4.42 Å². The number of nitrogens with zero attached hydrogens (tertiary/aromatic N) is 2. The number of amides is 1. The van der Waals surface area contributed by atoms with Crippen LogP contribution in [0, 0.1) is 6.92 Å². The summed E-state index contributed by atoms with van der Waals surface area (Å²) in [6.07, 6.45) is 3.10. The maximum Gasteiger partial charge on any atom is 0.248 e. The van der Waals surface area contributed by atoms with Gasteiger partial charge in [-0.25, -0.2) is 4.98 Å². The Bertz CT molecular complexity index is 910. The Hall–Kier alpha value is -3.08. The van der Waals surface area contributed by atoms with E-state index in [-0.39, 0.29) is 5.91 Å². The first-order valence-corrected chi connectivity index (χ1v) is 7.65. The molecule has 0 aliphatic carbocycles. The maximum atomic E-state index is 12.0. The summed E-state index contributed by atoms with van der Waals surface area (Å²) in [5.74, 6) is 2.16. The molecule has 122 valence electrons. The number of rotatable bonds is 4. The highest BCUT2D eigenvalue weighted by Gasteiger charge is 2.03. The van der Waals surface area contributed by atoms with Crippen LogP contribution in [0.25, 0.3) is 17.0 Å². The molecule has 1 amide bonds. The van der Waals surface area contributed by atoms with E-state index in [1.807, 2.05) is 68.4 Å². The molecule has 0 radical (unpaired) electrons. The van der Waals surface area contributed by atoms with Crippen molar-refractivity contribution in [1.29, 1.82) is 0 Å².